The van der Waals surface area contributed by atoms with E-state index < -0.39 is 0 Å². The van der Waals surface area contributed by atoms with Crippen molar-refractivity contribution in [1.82, 2.24) is 23.9 Å². The Morgan fingerprint density at radius 1 is 0.674 bits per heavy atom. The van der Waals surface area contributed by atoms with Crippen molar-refractivity contribution in [1.29, 1.82) is 0 Å². The van der Waals surface area contributed by atoms with Crippen molar-refractivity contribution in [2.45, 2.75) is 52.4 Å². The van der Waals surface area contributed by atoms with Crippen LogP contribution in [-0.2, 0) is 10.8 Å². The number of pyridine rings is 2. The second-order valence-electron chi connectivity index (χ2n) is 13.9. The molecule has 0 amide bonds. The zero-order chi connectivity index (χ0) is 31.8. The summed E-state index contributed by atoms with van der Waals surface area (Å²) in [6.07, 6.45) is 5.49. The topological polar surface area (TPSA) is 70.4 Å². The molecule has 0 aliphatic rings. The Kier molecular flexibility index (Phi) is 6.13. The quantitative estimate of drug-likeness (QED) is 0.200. The van der Waals surface area contributed by atoms with Crippen molar-refractivity contribution in [3.63, 3.8) is 0 Å². The Morgan fingerprint density at radius 2 is 1.48 bits per heavy atom. The summed E-state index contributed by atoms with van der Waals surface area (Å²) >= 11 is 0. The lowest BCUT2D eigenvalue weighted by Crippen LogP contribution is -2.15. The van der Waals surface area contributed by atoms with Gasteiger partial charge in [-0.1, -0.05) is 65.8 Å². The van der Waals surface area contributed by atoms with Crippen LogP contribution in [-0.4, -0.2) is 23.9 Å². The number of nitrogens with zero attached hydrogens (tertiary/aromatic N) is 5. The molecular formula is C39H35N5O2. The van der Waals surface area contributed by atoms with Crippen LogP contribution in [0.15, 0.2) is 108 Å². The smallest absolute Gasteiger partial charge is 0.224 e. The van der Waals surface area contributed by atoms with Crippen LogP contribution in [0.1, 0.15) is 52.9 Å². The van der Waals surface area contributed by atoms with Gasteiger partial charge in [0.15, 0.2) is 11.3 Å². The Balaban J connectivity index is 1.34. The molecule has 5 heterocycles. The van der Waals surface area contributed by atoms with E-state index in [9.17, 15) is 0 Å². The highest BCUT2D eigenvalue weighted by molar-refractivity contribution is 6.09. The largest absolute Gasteiger partial charge is 0.453 e. The summed E-state index contributed by atoms with van der Waals surface area (Å²) in [5.41, 5.74) is 7.12. The van der Waals surface area contributed by atoms with E-state index in [-0.39, 0.29) is 10.8 Å². The predicted molar refractivity (Wildman–Crippen MR) is 184 cm³/mol. The second-order valence-corrected chi connectivity index (χ2v) is 13.9. The maximum absolute atomic E-state index is 6.76. The van der Waals surface area contributed by atoms with Crippen LogP contribution in [0.2, 0.25) is 0 Å². The molecule has 0 N–H and O–H groups in total. The molecule has 0 fully saturated rings. The number of oxazole rings is 1. The van der Waals surface area contributed by atoms with Crippen molar-refractivity contribution in [2.24, 2.45) is 0 Å². The van der Waals surface area contributed by atoms with Gasteiger partial charge in [0.2, 0.25) is 5.71 Å². The van der Waals surface area contributed by atoms with Crippen LogP contribution < -0.4 is 4.74 Å². The monoisotopic (exact) mass is 605 g/mol. The van der Waals surface area contributed by atoms with Crippen molar-refractivity contribution in [3.8, 4) is 28.6 Å². The van der Waals surface area contributed by atoms with Crippen molar-refractivity contribution in [2.75, 3.05) is 0 Å². The Bertz CT molecular complexity index is 2420. The number of hydrogen-bond donors (Lipinski definition) is 0. The minimum absolute atomic E-state index is 0.00888. The average Bonchev–Trinajstić information content (AvgIpc) is 3.71. The number of benzene rings is 3. The fourth-order valence-electron chi connectivity index (χ4n) is 6.28. The molecule has 0 aliphatic heterocycles. The molecule has 0 atom stereocenters. The van der Waals surface area contributed by atoms with E-state index in [1.54, 1.807) is 12.4 Å². The molecule has 8 aromatic rings. The number of aromatic nitrogens is 5. The van der Waals surface area contributed by atoms with E-state index in [0.29, 0.717) is 22.8 Å². The van der Waals surface area contributed by atoms with Gasteiger partial charge in [-0.15, -0.1) is 0 Å². The lowest BCUT2D eigenvalue weighted by molar-refractivity contribution is 0.477. The van der Waals surface area contributed by atoms with Gasteiger partial charge in [0.25, 0.3) is 0 Å². The molecule has 228 valence electrons. The van der Waals surface area contributed by atoms with Gasteiger partial charge in [-0.3, -0.25) is 14.0 Å². The third-order valence-electron chi connectivity index (χ3n) is 8.56. The van der Waals surface area contributed by atoms with E-state index in [1.165, 1.54) is 5.56 Å². The molecule has 0 unspecified atom stereocenters. The van der Waals surface area contributed by atoms with Crippen LogP contribution >= 0.6 is 0 Å². The number of ether oxygens (including phenoxy) is 1. The van der Waals surface area contributed by atoms with Gasteiger partial charge >= 0.3 is 0 Å². The van der Waals surface area contributed by atoms with E-state index in [0.717, 1.165) is 50.2 Å². The van der Waals surface area contributed by atoms with Gasteiger partial charge in [-0.25, -0.2) is 9.97 Å². The third-order valence-corrected chi connectivity index (χ3v) is 8.56. The van der Waals surface area contributed by atoms with E-state index in [1.807, 2.05) is 36.5 Å². The standard InChI is InChI=1S/C39H35N5O2/c1-38(2,3)25-16-18-41-34(21-25)43-30-13-8-7-11-27(30)28-15-14-26(22-31(28)43)45-33-20-24(29-12-9-10-17-40-29)19-32-36(33)46-35-23-42-37(44(32)35)39(4,5)6/h7-23H,1-6H3. The molecule has 3 aromatic carbocycles. The van der Waals surface area contributed by atoms with Gasteiger partial charge in [0.05, 0.1) is 28.4 Å². The minimum Gasteiger partial charge on any atom is -0.453 e. The van der Waals surface area contributed by atoms with Crippen LogP contribution in [0.4, 0.5) is 0 Å². The summed E-state index contributed by atoms with van der Waals surface area (Å²) in [5, 5.41) is 2.29. The SMILES string of the molecule is CC(C)(C)c1ccnc(-n2c3ccccc3c3ccc(Oc4cc(-c5ccccn5)cc5c4oc4cnc(C(C)(C)C)n45)cc32)c1. The Morgan fingerprint density at radius 3 is 2.26 bits per heavy atom. The molecule has 0 radical (unpaired) electrons. The molecule has 8 rings (SSSR count). The number of hydrogen-bond acceptors (Lipinski definition) is 5. The van der Waals surface area contributed by atoms with Gasteiger partial charge in [0, 0.05) is 40.2 Å². The van der Waals surface area contributed by atoms with Crippen LogP contribution in [0, 0.1) is 0 Å². The summed E-state index contributed by atoms with van der Waals surface area (Å²) < 4.78 is 17.5. The lowest BCUT2D eigenvalue weighted by atomic mass is 9.88. The lowest BCUT2D eigenvalue weighted by Gasteiger charge is -2.20. The highest BCUT2D eigenvalue weighted by atomic mass is 16.5. The second kappa shape index (κ2) is 10.0. The minimum atomic E-state index is -0.192. The maximum atomic E-state index is 6.76. The molecule has 46 heavy (non-hydrogen) atoms. The van der Waals surface area contributed by atoms with E-state index >= 15 is 0 Å². The van der Waals surface area contributed by atoms with E-state index in [4.69, 9.17) is 19.1 Å². The summed E-state index contributed by atoms with van der Waals surface area (Å²) in [6.45, 7) is 13.1. The fourth-order valence-corrected chi connectivity index (χ4v) is 6.28. The molecule has 0 saturated heterocycles. The first kappa shape index (κ1) is 28.1. The molecule has 0 spiro atoms. The number of fused-ring (bicyclic) bond motifs is 6. The van der Waals surface area contributed by atoms with Gasteiger partial charge in [-0.05, 0) is 65.6 Å². The molecular weight excluding hydrogens is 570 g/mol. The number of rotatable bonds is 4. The zero-order valence-electron chi connectivity index (χ0n) is 26.9. The molecule has 0 bridgehead atoms. The van der Waals surface area contributed by atoms with E-state index in [2.05, 4.69) is 110 Å². The highest BCUT2D eigenvalue weighted by Crippen LogP contribution is 2.40. The van der Waals surface area contributed by atoms with Crippen LogP contribution in [0.3, 0.4) is 0 Å². The van der Waals surface area contributed by atoms with Gasteiger partial charge in [-0.2, -0.15) is 0 Å². The number of imidazole rings is 1. The van der Waals surface area contributed by atoms with Crippen LogP contribution in [0.5, 0.6) is 11.5 Å². The normalized spacial score (nSPS) is 12.6. The summed E-state index contributed by atoms with van der Waals surface area (Å²) in [7, 11) is 0. The average molecular weight is 606 g/mol. The maximum Gasteiger partial charge on any atom is 0.224 e. The summed E-state index contributed by atoms with van der Waals surface area (Å²) in [6, 6.07) is 29.0. The Hall–Kier alpha value is -5.43. The highest BCUT2D eigenvalue weighted by Gasteiger charge is 2.25. The van der Waals surface area contributed by atoms with Crippen LogP contribution in [0.25, 0.3) is 55.7 Å². The fraction of sp³-hybridized carbons (Fsp3) is 0.205. The Labute approximate surface area is 267 Å². The third kappa shape index (κ3) is 4.53. The molecule has 7 nitrogen and oxygen atoms in total. The molecule has 7 heteroatoms. The van der Waals surface area contributed by atoms with Gasteiger partial charge < -0.3 is 9.15 Å². The summed E-state index contributed by atoms with van der Waals surface area (Å²) in [5.74, 6) is 3.09. The number of para-hydroxylation sites is 1. The zero-order valence-corrected chi connectivity index (χ0v) is 26.9. The first-order valence-electron chi connectivity index (χ1n) is 15.6. The van der Waals surface area contributed by atoms with Gasteiger partial charge in [0.1, 0.15) is 17.4 Å². The molecule has 0 aliphatic carbocycles. The first-order valence-corrected chi connectivity index (χ1v) is 15.6. The molecule has 5 aromatic heterocycles. The first-order chi connectivity index (χ1) is 22.1. The van der Waals surface area contributed by atoms with Crippen molar-refractivity contribution >= 4 is 38.6 Å². The predicted octanol–water partition coefficient (Wildman–Crippen LogP) is 10.0. The van der Waals surface area contributed by atoms with Crippen molar-refractivity contribution in [3.05, 3.63) is 115 Å². The summed E-state index contributed by atoms with van der Waals surface area (Å²) in [4.78, 5) is 14.2. The molecule has 0 saturated carbocycles. The van der Waals surface area contributed by atoms with Crippen molar-refractivity contribution < 1.29 is 9.15 Å².